The van der Waals surface area contributed by atoms with Crippen molar-refractivity contribution in [2.45, 2.75) is 66.2 Å². The maximum atomic E-state index is 13.3. The Balaban J connectivity index is 0.000000583. The van der Waals surface area contributed by atoms with Gasteiger partial charge in [-0.25, -0.2) is 4.39 Å². The number of aromatic nitrogens is 1. The van der Waals surface area contributed by atoms with Gasteiger partial charge in [-0.15, -0.1) is 13.2 Å². The molecule has 0 radical (unpaired) electrons. The van der Waals surface area contributed by atoms with Gasteiger partial charge < -0.3 is 0 Å². The summed E-state index contributed by atoms with van der Waals surface area (Å²) in [5, 5.41) is 9.36. The zero-order valence-electron chi connectivity index (χ0n) is 23.0. The summed E-state index contributed by atoms with van der Waals surface area (Å²) in [6, 6.07) is 20.4. The molecule has 2 nitrogen and oxygen atoms in total. The van der Waals surface area contributed by atoms with Crippen LogP contribution in [0.15, 0.2) is 92.0 Å². The van der Waals surface area contributed by atoms with Crippen LogP contribution in [0.5, 0.6) is 0 Å². The summed E-state index contributed by atoms with van der Waals surface area (Å²) in [6.45, 7) is 19.5. The molecule has 0 aliphatic carbocycles. The van der Waals surface area contributed by atoms with Crippen LogP contribution in [0.4, 0.5) is 4.39 Å². The Kier molecular flexibility index (Phi) is 14.9. The van der Waals surface area contributed by atoms with Gasteiger partial charge in [0.2, 0.25) is 0 Å². The maximum Gasteiger partial charge on any atom is 0.123 e. The van der Waals surface area contributed by atoms with Gasteiger partial charge in [0.15, 0.2) is 0 Å². The highest BCUT2D eigenvalue weighted by Crippen LogP contribution is 2.26. The van der Waals surface area contributed by atoms with Crippen LogP contribution in [0.1, 0.15) is 75.8 Å². The highest BCUT2D eigenvalue weighted by Gasteiger charge is 2.11. The van der Waals surface area contributed by atoms with Crippen LogP contribution >= 0.6 is 0 Å². The second-order valence-electron chi connectivity index (χ2n) is 9.00. The lowest BCUT2D eigenvalue weighted by Gasteiger charge is -2.12. The number of allylic oxidation sites excluding steroid dienone is 3. The van der Waals surface area contributed by atoms with Crippen molar-refractivity contribution < 1.29 is 4.39 Å². The number of pyridine rings is 1. The Morgan fingerprint density at radius 1 is 1.00 bits per heavy atom. The van der Waals surface area contributed by atoms with E-state index in [1.54, 1.807) is 18.2 Å². The first kappa shape index (κ1) is 31.3. The zero-order chi connectivity index (χ0) is 27.6. The van der Waals surface area contributed by atoms with Crippen molar-refractivity contribution in [2.24, 2.45) is 0 Å². The molecule has 0 bridgehead atoms. The molecule has 37 heavy (non-hydrogen) atoms. The lowest BCUT2D eigenvalue weighted by Crippen LogP contribution is -2.00. The average molecular weight is 497 g/mol. The van der Waals surface area contributed by atoms with Crippen LogP contribution < -0.4 is 0 Å². The third-order valence-corrected chi connectivity index (χ3v) is 5.62. The maximum absolute atomic E-state index is 13.3. The van der Waals surface area contributed by atoms with E-state index in [0.717, 1.165) is 65.8 Å². The number of nitriles is 1. The number of hydrogen-bond donors (Lipinski definition) is 0. The van der Waals surface area contributed by atoms with Crippen LogP contribution in [0.3, 0.4) is 0 Å². The van der Waals surface area contributed by atoms with Crippen LogP contribution in [-0.4, -0.2) is 4.98 Å². The summed E-state index contributed by atoms with van der Waals surface area (Å²) in [6.07, 6.45) is 7.83. The van der Waals surface area contributed by atoms with E-state index in [1.807, 2.05) is 56.3 Å². The molecule has 0 N–H and O–H groups in total. The van der Waals surface area contributed by atoms with Crippen LogP contribution in [-0.2, 0) is 12.8 Å². The van der Waals surface area contributed by atoms with Crippen LogP contribution in [0.25, 0.3) is 16.8 Å². The molecule has 1 heterocycles. The predicted octanol–water partition coefficient (Wildman–Crippen LogP) is 9.91. The van der Waals surface area contributed by atoms with Crippen molar-refractivity contribution >= 4 is 5.57 Å². The van der Waals surface area contributed by atoms with Crippen LogP contribution in [0.2, 0.25) is 0 Å². The summed E-state index contributed by atoms with van der Waals surface area (Å²) in [5.74, 6) is -0.205. The molecular formula is C34H41FN2. The van der Waals surface area contributed by atoms with Crippen LogP contribution in [0, 0.1) is 17.1 Å². The largest absolute Gasteiger partial charge is 0.252 e. The van der Waals surface area contributed by atoms with Crippen molar-refractivity contribution in [1.82, 2.24) is 4.98 Å². The molecular weight excluding hydrogens is 455 g/mol. The smallest absolute Gasteiger partial charge is 0.123 e. The van der Waals surface area contributed by atoms with E-state index in [2.05, 4.69) is 39.7 Å². The molecule has 3 aromatic rings. The van der Waals surface area contributed by atoms with Gasteiger partial charge in [0.1, 0.15) is 5.82 Å². The first-order valence-electron chi connectivity index (χ1n) is 12.9. The quantitative estimate of drug-likeness (QED) is 0.276. The van der Waals surface area contributed by atoms with Gasteiger partial charge in [-0.3, -0.25) is 4.98 Å². The van der Waals surface area contributed by atoms with Crippen molar-refractivity contribution in [3.63, 3.8) is 0 Å². The Labute approximate surface area is 223 Å². The first-order valence-corrected chi connectivity index (χ1v) is 12.9. The molecule has 0 saturated heterocycles. The fraction of sp³-hybridized carbons (Fsp3) is 0.294. The molecule has 0 saturated carbocycles. The van der Waals surface area contributed by atoms with E-state index in [4.69, 9.17) is 4.98 Å². The molecule has 2 aromatic carbocycles. The van der Waals surface area contributed by atoms with E-state index in [-0.39, 0.29) is 5.82 Å². The fourth-order valence-corrected chi connectivity index (χ4v) is 3.39. The molecule has 3 rings (SSSR count). The Morgan fingerprint density at radius 3 is 2.24 bits per heavy atom. The van der Waals surface area contributed by atoms with Gasteiger partial charge in [0, 0.05) is 11.3 Å². The number of unbranched alkanes of at least 4 members (excludes halogenated alkanes) is 1. The van der Waals surface area contributed by atoms with E-state index in [9.17, 15) is 9.65 Å². The standard InChI is InChI=1S/C24H21FN2.2C5H10/c1-17(2)21-13-14-24(22-11-4-3-9-19(22)16-26)27-23(21)12-6-8-18-7-5-10-20(25)15-18;1-4-5(2)3;1-3-5-4-2/h3-5,7,9-11,13-15H,1,6,8,12H2,2H3;2,4H2,1,3H3;3H,1,4-5H2,2H3. The van der Waals surface area contributed by atoms with Crippen molar-refractivity contribution in [1.29, 1.82) is 5.26 Å². The Hall–Kier alpha value is -3.77. The molecule has 1 aromatic heterocycles. The number of benzene rings is 2. The third kappa shape index (κ3) is 11.7. The summed E-state index contributed by atoms with van der Waals surface area (Å²) in [5.41, 5.74) is 7.43. The minimum Gasteiger partial charge on any atom is -0.252 e. The predicted molar refractivity (Wildman–Crippen MR) is 158 cm³/mol. The van der Waals surface area contributed by atoms with Gasteiger partial charge in [-0.2, -0.15) is 5.26 Å². The van der Waals surface area contributed by atoms with Gasteiger partial charge in [0.25, 0.3) is 0 Å². The van der Waals surface area contributed by atoms with E-state index in [1.165, 1.54) is 18.1 Å². The molecule has 0 amide bonds. The minimum absolute atomic E-state index is 0.205. The van der Waals surface area contributed by atoms with Gasteiger partial charge in [-0.05, 0) is 86.9 Å². The van der Waals surface area contributed by atoms with E-state index >= 15 is 0 Å². The normalized spacial score (nSPS) is 9.62. The van der Waals surface area contributed by atoms with E-state index < -0.39 is 0 Å². The summed E-state index contributed by atoms with van der Waals surface area (Å²) < 4.78 is 13.3. The molecule has 194 valence electrons. The number of halogens is 1. The zero-order valence-corrected chi connectivity index (χ0v) is 23.0. The van der Waals surface area contributed by atoms with Gasteiger partial charge >= 0.3 is 0 Å². The lowest BCUT2D eigenvalue weighted by atomic mass is 9.98. The van der Waals surface area contributed by atoms with Gasteiger partial charge in [-0.1, -0.05) is 74.9 Å². The highest BCUT2D eigenvalue weighted by molar-refractivity contribution is 5.70. The molecule has 0 unspecified atom stereocenters. The van der Waals surface area contributed by atoms with Crippen molar-refractivity contribution in [3.8, 4) is 17.3 Å². The Bertz CT molecular complexity index is 1200. The average Bonchev–Trinajstić information content (AvgIpc) is 2.89. The number of hydrogen-bond acceptors (Lipinski definition) is 2. The topological polar surface area (TPSA) is 36.7 Å². The number of aryl methyl sites for hydroxylation is 2. The second-order valence-corrected chi connectivity index (χ2v) is 9.00. The second kappa shape index (κ2) is 17.6. The molecule has 0 spiro atoms. The van der Waals surface area contributed by atoms with Crippen molar-refractivity contribution in [3.05, 3.63) is 120 Å². The number of nitrogens with zero attached hydrogens (tertiary/aromatic N) is 2. The lowest BCUT2D eigenvalue weighted by molar-refractivity contribution is 0.624. The molecule has 3 heteroatoms. The first-order chi connectivity index (χ1) is 17.8. The molecule has 0 fully saturated rings. The highest BCUT2D eigenvalue weighted by atomic mass is 19.1. The fourth-order valence-electron chi connectivity index (χ4n) is 3.39. The Morgan fingerprint density at radius 2 is 1.70 bits per heavy atom. The molecule has 0 aliphatic rings. The summed E-state index contributed by atoms with van der Waals surface area (Å²) in [7, 11) is 0. The minimum atomic E-state index is -0.205. The third-order valence-electron chi connectivity index (χ3n) is 5.62. The van der Waals surface area contributed by atoms with Crippen molar-refractivity contribution in [2.75, 3.05) is 0 Å². The van der Waals surface area contributed by atoms with E-state index in [0.29, 0.717) is 5.56 Å². The summed E-state index contributed by atoms with van der Waals surface area (Å²) >= 11 is 0. The summed E-state index contributed by atoms with van der Waals surface area (Å²) in [4.78, 5) is 4.84. The molecule has 0 aliphatic heterocycles. The SMILES string of the molecule is C=C(C)CC.C=C(C)c1ccc(-c2ccccc2C#N)nc1CCCc1cccc(F)c1.C=CCCC. The monoisotopic (exact) mass is 496 g/mol. The molecule has 0 atom stereocenters. The van der Waals surface area contributed by atoms with Gasteiger partial charge in [0.05, 0.1) is 17.3 Å². The number of rotatable bonds is 9.